The fourth-order valence-electron chi connectivity index (χ4n) is 8.93. The van der Waals surface area contributed by atoms with E-state index in [0.29, 0.717) is 87.3 Å². The van der Waals surface area contributed by atoms with Crippen LogP contribution in [0.5, 0.6) is 23.0 Å². The van der Waals surface area contributed by atoms with Crippen LogP contribution in [0.4, 0.5) is 20.3 Å². The molecule has 0 bridgehead atoms. The van der Waals surface area contributed by atoms with E-state index in [4.69, 9.17) is 32.7 Å². The molecule has 3 unspecified atom stereocenters. The molecule has 7 rings (SSSR count). The molecule has 2 radical (unpaired) electrons. The van der Waals surface area contributed by atoms with Crippen molar-refractivity contribution >= 4 is 49.1 Å². The highest BCUT2D eigenvalue weighted by Gasteiger charge is 2.45. The number of pyridine rings is 1. The minimum atomic E-state index is -1.99. The van der Waals surface area contributed by atoms with Gasteiger partial charge in [0.1, 0.15) is 19.4 Å². The van der Waals surface area contributed by atoms with Crippen LogP contribution in [0, 0.1) is 28.0 Å². The van der Waals surface area contributed by atoms with Crippen LogP contribution >= 0.6 is 0 Å². The molecular weight excluding hydrogens is 887 g/mol. The number of amides is 3. The number of aromatic nitrogens is 1. The van der Waals surface area contributed by atoms with Crippen molar-refractivity contribution < 1.29 is 42.2 Å². The highest BCUT2D eigenvalue weighted by molar-refractivity contribution is 6.20. The summed E-state index contributed by atoms with van der Waals surface area (Å²) < 4.78 is 48.8. The third-order valence-corrected chi connectivity index (χ3v) is 12.7. The van der Waals surface area contributed by atoms with Crippen LogP contribution < -0.4 is 29.7 Å². The summed E-state index contributed by atoms with van der Waals surface area (Å²) in [5.74, 6) is -0.0644. The van der Waals surface area contributed by atoms with Gasteiger partial charge in [-0.1, -0.05) is 18.2 Å². The molecule has 1 aromatic heterocycles. The predicted octanol–water partition coefficient (Wildman–Crippen LogP) is 6.12. The first-order valence-corrected chi connectivity index (χ1v) is 22.7. The summed E-state index contributed by atoms with van der Waals surface area (Å²) in [6, 6.07) is 18.0. The van der Waals surface area contributed by atoms with Crippen LogP contribution in [0.1, 0.15) is 77.4 Å². The lowest BCUT2D eigenvalue weighted by molar-refractivity contribution is -0.138. The number of ether oxygens (including phenoxy) is 3. The van der Waals surface area contributed by atoms with Gasteiger partial charge in [0.15, 0.2) is 29.4 Å². The van der Waals surface area contributed by atoms with E-state index < -0.39 is 34.7 Å². The number of piperazine rings is 1. The quantitative estimate of drug-likeness (QED) is 0.0504. The van der Waals surface area contributed by atoms with Gasteiger partial charge in [-0.15, -0.1) is 0 Å². The third kappa shape index (κ3) is 11.9. The Morgan fingerprint density at radius 1 is 1.06 bits per heavy atom. The second-order valence-corrected chi connectivity index (χ2v) is 17.4. The first-order chi connectivity index (χ1) is 33.0. The Hall–Kier alpha value is -6.91. The first-order valence-electron chi connectivity index (χ1n) is 22.7. The molecular formula is C50H58BF2N9O7. The number of carbonyl (C=O) groups is 4. The Balaban J connectivity index is 0.00000254. The fourth-order valence-corrected chi connectivity index (χ4v) is 8.93. The smallest absolute Gasteiger partial charge is 0.254 e. The van der Waals surface area contributed by atoms with Crippen molar-refractivity contribution in [3.8, 4) is 29.1 Å². The molecule has 3 aliphatic rings. The van der Waals surface area contributed by atoms with Crippen molar-refractivity contribution in [2.75, 3.05) is 77.3 Å². The number of halogens is 2. The molecule has 362 valence electrons. The van der Waals surface area contributed by atoms with Crippen LogP contribution in [0.25, 0.3) is 0 Å². The lowest BCUT2D eigenvalue weighted by Crippen LogP contribution is -2.63. The highest BCUT2D eigenvalue weighted by Crippen LogP contribution is 2.38. The molecule has 3 saturated heterocycles. The zero-order valence-electron chi connectivity index (χ0n) is 39.9. The Kier molecular flexibility index (Phi) is 16.8. The van der Waals surface area contributed by atoms with Gasteiger partial charge in [-0.05, 0) is 74.2 Å². The number of rotatable bonds is 16. The number of piperidine rings is 2. The van der Waals surface area contributed by atoms with Gasteiger partial charge in [0.2, 0.25) is 11.8 Å². The van der Waals surface area contributed by atoms with Crippen LogP contribution in [-0.2, 0) is 22.7 Å². The van der Waals surface area contributed by atoms with E-state index in [-0.39, 0.29) is 60.0 Å². The first kappa shape index (κ1) is 51.5. The van der Waals surface area contributed by atoms with Gasteiger partial charge in [0.25, 0.3) is 5.91 Å². The molecule has 69 heavy (non-hydrogen) atoms. The highest BCUT2D eigenvalue weighted by atomic mass is 19.1. The van der Waals surface area contributed by atoms with E-state index in [1.165, 1.54) is 24.1 Å². The summed E-state index contributed by atoms with van der Waals surface area (Å²) in [6.45, 7) is 8.74. The minimum absolute atomic E-state index is 0.0175. The number of carbonyl (C=O) groups excluding carboxylic acids is 4. The van der Waals surface area contributed by atoms with E-state index >= 15 is 8.78 Å². The van der Waals surface area contributed by atoms with Crippen molar-refractivity contribution in [2.45, 2.75) is 64.7 Å². The molecule has 0 saturated carbocycles. The molecule has 3 N–H and O–H groups in total. The van der Waals surface area contributed by atoms with Crippen LogP contribution in [0.3, 0.4) is 0 Å². The van der Waals surface area contributed by atoms with E-state index in [1.807, 2.05) is 41.0 Å². The number of nitrogens with zero attached hydrogens (tertiary/aromatic N) is 6. The van der Waals surface area contributed by atoms with E-state index in [1.54, 1.807) is 58.5 Å². The summed E-state index contributed by atoms with van der Waals surface area (Å²) >= 11 is 0. The molecule has 4 heterocycles. The summed E-state index contributed by atoms with van der Waals surface area (Å²) in [4.78, 5) is 62.3. The number of nitriles is 1. The van der Waals surface area contributed by atoms with Crippen molar-refractivity contribution in [1.82, 2.24) is 25.0 Å². The zero-order valence-corrected chi connectivity index (χ0v) is 39.9. The molecule has 0 aliphatic carbocycles. The monoisotopic (exact) mass is 945 g/mol. The Morgan fingerprint density at radius 2 is 1.75 bits per heavy atom. The number of methoxy groups -OCH3 is 1. The average molecular weight is 946 g/mol. The van der Waals surface area contributed by atoms with E-state index in [0.717, 1.165) is 17.2 Å². The topological polar surface area (TPSA) is 194 Å². The lowest BCUT2D eigenvalue weighted by Gasteiger charge is -2.49. The van der Waals surface area contributed by atoms with Crippen molar-refractivity contribution in [3.05, 3.63) is 100 Å². The molecule has 3 fully saturated rings. The number of aldehydes is 1. The van der Waals surface area contributed by atoms with Crippen molar-refractivity contribution in [1.29, 1.82) is 10.7 Å². The van der Waals surface area contributed by atoms with Crippen LogP contribution in [-0.4, -0.2) is 136 Å². The van der Waals surface area contributed by atoms with Crippen LogP contribution in [0.15, 0.2) is 66.9 Å². The van der Waals surface area contributed by atoms with E-state index in [9.17, 15) is 19.2 Å². The Bertz CT molecular complexity index is 2590. The summed E-state index contributed by atoms with van der Waals surface area (Å²) in [5.41, 5.74) is -0.710. The van der Waals surface area contributed by atoms with Gasteiger partial charge in [-0.2, -0.15) is 5.26 Å². The predicted molar refractivity (Wildman–Crippen MR) is 258 cm³/mol. The second kappa shape index (κ2) is 22.5. The maximum absolute atomic E-state index is 16.4. The SMILES string of the molecule is CC#N.[B]C1(F)CN(Cc2ccc(Oc3cc(NC)c(C(=N)C4(C)CCC(=O)NC4=O)cc3F)cc2)CCC1N1CCN(c2cc(C(=O)N(C)Cc3ccc(OC)c(OCC)c3)c(C=O)cn2)CC1. The summed E-state index contributed by atoms with van der Waals surface area (Å²) in [6.07, 6.45) is 2.77. The number of alkyl halides is 1. The zero-order chi connectivity index (χ0) is 50.0. The molecule has 19 heteroatoms. The number of imide groups is 1. The number of benzene rings is 3. The summed E-state index contributed by atoms with van der Waals surface area (Å²) in [7, 11) is 11.3. The number of hydrogen-bond donors (Lipinski definition) is 3. The molecule has 0 spiro atoms. The Labute approximate surface area is 402 Å². The maximum Gasteiger partial charge on any atom is 0.254 e. The largest absolute Gasteiger partial charge is 0.493 e. The van der Waals surface area contributed by atoms with Gasteiger partial charge in [0.05, 0.1) is 42.0 Å². The van der Waals surface area contributed by atoms with Gasteiger partial charge >= 0.3 is 0 Å². The number of likely N-dealkylation sites (tertiary alicyclic amines) is 1. The molecule has 3 amide bonds. The second-order valence-electron chi connectivity index (χ2n) is 17.4. The van der Waals surface area contributed by atoms with Gasteiger partial charge in [0, 0.05) is 115 Å². The van der Waals surface area contributed by atoms with Crippen molar-refractivity contribution in [3.63, 3.8) is 0 Å². The van der Waals surface area contributed by atoms with Crippen molar-refractivity contribution in [2.24, 2.45) is 5.41 Å². The molecule has 4 aromatic rings. The lowest BCUT2D eigenvalue weighted by atomic mass is 9.72. The standard InChI is InChI=1S/C48H55BF2N8O7.C2H3N/c1-6-65-40-21-31(9-12-38(40)64-5)26-56(4)45(62)34-23-42(54-25-32(34)28-60)59-19-17-58(18-20-59)41-14-16-57(29-48(41,49)51)27-30-7-10-33(11-8-30)66-39-24-37(53-3)35(22-36(39)50)44(52)47(2)15-13-43(61)55-46(47)63;1-2-3/h7-12,21-25,28,41,52-53H,6,13-20,26-27,29H2,1-5H3,(H,55,61,63);1H3. The van der Waals surface area contributed by atoms with E-state index in [2.05, 4.69) is 20.5 Å². The molecule has 3 aromatic carbocycles. The normalized spacial score (nSPS) is 20.6. The minimum Gasteiger partial charge on any atom is -0.493 e. The molecule has 3 aliphatic heterocycles. The van der Waals surface area contributed by atoms with Gasteiger partial charge in [-0.3, -0.25) is 38.7 Å². The maximum atomic E-state index is 16.4. The average Bonchev–Trinajstić information content (AvgIpc) is 3.33. The Morgan fingerprint density at radius 3 is 2.38 bits per heavy atom. The third-order valence-electron chi connectivity index (χ3n) is 12.7. The van der Waals surface area contributed by atoms with Gasteiger partial charge < -0.3 is 34.7 Å². The summed E-state index contributed by atoms with van der Waals surface area (Å²) in [5, 5.41) is 21.4. The molecule has 16 nitrogen and oxygen atoms in total. The number of hydrogen-bond acceptors (Lipinski definition) is 14. The van der Waals surface area contributed by atoms with Gasteiger partial charge in [-0.25, -0.2) is 9.37 Å². The number of nitrogens with one attached hydrogen (secondary N) is 3. The molecule has 3 atom stereocenters. The number of anilines is 2. The van der Waals surface area contributed by atoms with Crippen LogP contribution in [0.2, 0.25) is 0 Å². The fraction of sp³-hybridized carbons (Fsp3) is 0.420.